The van der Waals surface area contributed by atoms with Crippen molar-refractivity contribution < 1.29 is 4.74 Å². The topological polar surface area (TPSA) is 25.4 Å². The molecule has 0 N–H and O–H groups in total. The maximum atomic E-state index is 6.26. The van der Waals surface area contributed by atoms with Gasteiger partial charge in [-0.2, -0.15) is 11.8 Å². The van der Waals surface area contributed by atoms with Crippen LogP contribution in [0, 0.1) is 13.8 Å². The van der Waals surface area contributed by atoms with Gasteiger partial charge < -0.3 is 4.74 Å². The van der Waals surface area contributed by atoms with E-state index in [2.05, 4.69) is 37.1 Å². The minimum absolute atomic E-state index is 0.350. The highest BCUT2D eigenvalue weighted by molar-refractivity contribution is 7.98. The van der Waals surface area contributed by atoms with E-state index in [1.54, 1.807) is 0 Å². The predicted octanol–water partition coefficient (Wildman–Crippen LogP) is 6.11. The lowest BCUT2D eigenvalue weighted by atomic mass is 9.84. The van der Waals surface area contributed by atoms with Gasteiger partial charge in [-0.3, -0.25) is 4.90 Å². The van der Waals surface area contributed by atoms with E-state index in [4.69, 9.17) is 21.3 Å². The number of morpholine rings is 1. The van der Waals surface area contributed by atoms with Gasteiger partial charge in [0.05, 0.1) is 23.4 Å². The fraction of sp³-hybridized carbons (Fsp3) is 0.625. The highest BCUT2D eigenvalue weighted by atomic mass is 35.5. The summed E-state index contributed by atoms with van der Waals surface area (Å²) in [4.78, 5) is 9.02. The van der Waals surface area contributed by atoms with Crippen molar-refractivity contribution in [2.75, 3.05) is 25.2 Å². The molecule has 4 rings (SSSR count). The number of thiazole rings is 1. The number of thioether (sulfide) groups is 1. The van der Waals surface area contributed by atoms with E-state index in [-0.39, 0.29) is 0 Å². The van der Waals surface area contributed by atoms with Gasteiger partial charge in [0.25, 0.3) is 0 Å². The summed E-state index contributed by atoms with van der Waals surface area (Å²) in [7, 11) is 0. The molecule has 0 bridgehead atoms. The monoisotopic (exact) mass is 464 g/mol. The fourth-order valence-electron chi connectivity index (χ4n) is 4.91. The molecule has 3 nitrogen and oxygen atoms in total. The quantitative estimate of drug-likeness (QED) is 0.514. The van der Waals surface area contributed by atoms with Gasteiger partial charge in [-0.25, -0.2) is 4.98 Å². The third kappa shape index (κ3) is 5.42. The number of hydrogen-bond acceptors (Lipinski definition) is 5. The summed E-state index contributed by atoms with van der Waals surface area (Å²) in [5.41, 5.74) is 2.57. The first-order valence-corrected chi connectivity index (χ1v) is 13.7. The van der Waals surface area contributed by atoms with Gasteiger partial charge in [-0.05, 0) is 69.9 Å². The molecule has 2 fully saturated rings. The molecule has 30 heavy (non-hydrogen) atoms. The largest absolute Gasteiger partial charge is 0.374 e. The third-order valence-corrected chi connectivity index (χ3v) is 8.90. The van der Waals surface area contributed by atoms with Crippen LogP contribution in [0.3, 0.4) is 0 Å². The van der Waals surface area contributed by atoms with Gasteiger partial charge >= 0.3 is 0 Å². The molecule has 1 saturated carbocycles. The number of nitrogens with zero attached hydrogens (tertiary/aromatic N) is 2. The van der Waals surface area contributed by atoms with Crippen molar-refractivity contribution in [2.45, 2.75) is 70.1 Å². The first kappa shape index (κ1) is 22.6. The van der Waals surface area contributed by atoms with E-state index in [9.17, 15) is 0 Å². The third-order valence-electron chi connectivity index (χ3n) is 6.70. The van der Waals surface area contributed by atoms with Gasteiger partial charge in [-0.1, -0.05) is 23.7 Å². The molecule has 2 unspecified atom stereocenters. The van der Waals surface area contributed by atoms with Crippen LogP contribution in [-0.2, 0) is 11.2 Å². The van der Waals surface area contributed by atoms with Crippen molar-refractivity contribution >= 4 is 34.7 Å². The van der Waals surface area contributed by atoms with Crippen molar-refractivity contribution in [3.05, 3.63) is 50.4 Å². The molecular weight excluding hydrogens is 432 g/mol. The second-order valence-corrected chi connectivity index (χ2v) is 11.4. The van der Waals surface area contributed by atoms with Gasteiger partial charge in [0, 0.05) is 40.2 Å². The van der Waals surface area contributed by atoms with E-state index in [0.717, 1.165) is 30.3 Å². The minimum atomic E-state index is 0.350. The molecule has 0 radical (unpaired) electrons. The molecule has 1 saturated heterocycles. The molecule has 2 atom stereocenters. The van der Waals surface area contributed by atoms with Crippen molar-refractivity contribution in [3.8, 4) is 0 Å². The smallest absolute Gasteiger partial charge is 0.0961 e. The molecule has 2 aliphatic rings. The van der Waals surface area contributed by atoms with Gasteiger partial charge in [-0.15, -0.1) is 11.3 Å². The number of benzene rings is 1. The van der Waals surface area contributed by atoms with Crippen LogP contribution in [0.4, 0.5) is 0 Å². The van der Waals surface area contributed by atoms with Crippen LogP contribution < -0.4 is 0 Å². The Morgan fingerprint density at radius 1 is 1.17 bits per heavy atom. The van der Waals surface area contributed by atoms with Gasteiger partial charge in [0.15, 0.2) is 0 Å². The summed E-state index contributed by atoms with van der Waals surface area (Å²) in [6, 6.07) is 9.45. The highest BCUT2D eigenvalue weighted by Gasteiger charge is 2.36. The molecule has 2 aromatic rings. The Kier molecular flexibility index (Phi) is 7.80. The fourth-order valence-corrected chi connectivity index (χ4v) is 6.70. The van der Waals surface area contributed by atoms with E-state index in [0.29, 0.717) is 24.1 Å². The SMILES string of the molecule is CSCC1CN(C2CCC(c3nc(C)c(C)s3)CC2)C(Cc2ccc(Cl)cc2)CO1. The number of hydrogen-bond donors (Lipinski definition) is 0. The summed E-state index contributed by atoms with van der Waals surface area (Å²) in [5.74, 6) is 1.73. The Labute approximate surface area is 194 Å². The lowest BCUT2D eigenvalue weighted by molar-refractivity contribution is -0.0750. The Hall–Kier alpha value is -0.590. The zero-order chi connectivity index (χ0) is 21.1. The molecule has 0 amide bonds. The number of rotatable bonds is 6. The number of halogens is 1. The average molecular weight is 465 g/mol. The second-order valence-electron chi connectivity index (χ2n) is 8.79. The molecule has 2 heterocycles. The van der Waals surface area contributed by atoms with E-state index in [1.807, 2.05) is 35.2 Å². The Morgan fingerprint density at radius 2 is 1.90 bits per heavy atom. The van der Waals surface area contributed by atoms with E-state index in [1.165, 1.54) is 46.8 Å². The molecule has 6 heteroatoms. The van der Waals surface area contributed by atoms with Crippen molar-refractivity contribution in [2.24, 2.45) is 0 Å². The zero-order valence-electron chi connectivity index (χ0n) is 18.3. The van der Waals surface area contributed by atoms with E-state index >= 15 is 0 Å². The maximum Gasteiger partial charge on any atom is 0.0961 e. The van der Waals surface area contributed by atoms with Crippen LogP contribution in [0.15, 0.2) is 24.3 Å². The Balaban J connectivity index is 1.43. The molecule has 1 aromatic carbocycles. The normalized spacial score (nSPS) is 28.0. The summed E-state index contributed by atoms with van der Waals surface area (Å²) in [6.45, 7) is 6.23. The molecule has 1 aliphatic carbocycles. The average Bonchev–Trinajstić information content (AvgIpc) is 3.09. The van der Waals surface area contributed by atoms with Crippen LogP contribution in [0.1, 0.15) is 52.7 Å². The summed E-state index contributed by atoms with van der Waals surface area (Å²) < 4.78 is 6.26. The Morgan fingerprint density at radius 3 is 2.53 bits per heavy atom. The van der Waals surface area contributed by atoms with Crippen LogP contribution >= 0.6 is 34.7 Å². The number of aromatic nitrogens is 1. The summed E-state index contributed by atoms with van der Waals surface area (Å²) in [6.07, 6.45) is 8.62. The molecule has 164 valence electrons. The van der Waals surface area contributed by atoms with Crippen molar-refractivity contribution in [1.29, 1.82) is 0 Å². The molecule has 1 aromatic heterocycles. The van der Waals surface area contributed by atoms with Crippen LogP contribution in [-0.4, -0.2) is 53.2 Å². The highest BCUT2D eigenvalue weighted by Crippen LogP contribution is 2.38. The number of aryl methyl sites for hydroxylation is 2. The maximum absolute atomic E-state index is 6.26. The first-order chi connectivity index (χ1) is 14.5. The standard InChI is InChI=1S/C24H33ClN2OS2/c1-16-17(2)30-24(26-16)19-6-10-21(11-7-19)27-13-23(15-29-3)28-14-22(27)12-18-4-8-20(25)9-5-18/h4-5,8-9,19,21-23H,6-7,10-15H2,1-3H3. The lowest BCUT2D eigenvalue weighted by Crippen LogP contribution is -2.56. The van der Waals surface area contributed by atoms with Crippen molar-refractivity contribution in [3.63, 3.8) is 0 Å². The molecule has 1 aliphatic heterocycles. The molecule has 0 spiro atoms. The minimum Gasteiger partial charge on any atom is -0.374 e. The predicted molar refractivity (Wildman–Crippen MR) is 130 cm³/mol. The number of ether oxygens (including phenoxy) is 1. The van der Waals surface area contributed by atoms with Gasteiger partial charge in [0.2, 0.25) is 0 Å². The first-order valence-electron chi connectivity index (χ1n) is 11.1. The summed E-state index contributed by atoms with van der Waals surface area (Å²) >= 11 is 9.89. The van der Waals surface area contributed by atoms with E-state index < -0.39 is 0 Å². The lowest BCUT2D eigenvalue weighted by Gasteiger charge is -2.46. The zero-order valence-corrected chi connectivity index (χ0v) is 20.7. The second kappa shape index (κ2) is 10.4. The van der Waals surface area contributed by atoms with Crippen LogP contribution in [0.25, 0.3) is 0 Å². The van der Waals surface area contributed by atoms with Gasteiger partial charge in [0.1, 0.15) is 0 Å². The Bertz CT molecular complexity index is 798. The van der Waals surface area contributed by atoms with Crippen LogP contribution in [0.2, 0.25) is 5.02 Å². The van der Waals surface area contributed by atoms with Crippen molar-refractivity contribution in [1.82, 2.24) is 9.88 Å². The molecular formula is C24H33ClN2OS2. The summed E-state index contributed by atoms with van der Waals surface area (Å²) in [5, 5.41) is 2.17. The van der Waals surface area contributed by atoms with Crippen LogP contribution in [0.5, 0.6) is 0 Å².